The summed E-state index contributed by atoms with van der Waals surface area (Å²) in [7, 11) is 0. The van der Waals surface area contributed by atoms with E-state index in [2.05, 4.69) is 9.97 Å². The van der Waals surface area contributed by atoms with E-state index in [1.807, 2.05) is 25.1 Å². The Balaban J connectivity index is 1.87. The zero-order valence-corrected chi connectivity index (χ0v) is 13.0. The summed E-state index contributed by atoms with van der Waals surface area (Å²) >= 11 is 0. The average molecular weight is 319 g/mol. The lowest BCUT2D eigenvalue weighted by Crippen LogP contribution is -2.21. The Morgan fingerprint density at radius 2 is 1.96 bits per heavy atom. The highest BCUT2D eigenvalue weighted by molar-refractivity contribution is 5.82. The third-order valence-electron chi connectivity index (χ3n) is 4.12. The van der Waals surface area contributed by atoms with Gasteiger partial charge >= 0.3 is 0 Å². The number of hydrogen-bond donors (Lipinski definition) is 0. The molecule has 0 N–H and O–H groups in total. The minimum absolute atomic E-state index is 0.114. The topological polar surface area (TPSA) is 47.8 Å². The number of aryl methyl sites for hydroxylation is 1. The Hall–Kier alpha value is -3.08. The molecule has 0 spiro atoms. The summed E-state index contributed by atoms with van der Waals surface area (Å²) in [5.74, 6) is -0.318. The molecule has 2 aromatic heterocycles. The van der Waals surface area contributed by atoms with Crippen molar-refractivity contribution in [3.05, 3.63) is 82.3 Å². The molecule has 4 rings (SSSR count). The van der Waals surface area contributed by atoms with Crippen LogP contribution in [-0.4, -0.2) is 14.5 Å². The van der Waals surface area contributed by atoms with Crippen LogP contribution in [0.5, 0.6) is 0 Å². The van der Waals surface area contributed by atoms with Crippen molar-refractivity contribution in [2.45, 2.75) is 13.5 Å². The van der Waals surface area contributed by atoms with E-state index in [1.165, 1.54) is 17.0 Å². The first-order valence-corrected chi connectivity index (χ1v) is 7.61. The molecule has 5 heteroatoms. The van der Waals surface area contributed by atoms with Crippen molar-refractivity contribution in [3.63, 3.8) is 0 Å². The molecule has 24 heavy (non-hydrogen) atoms. The third kappa shape index (κ3) is 2.34. The van der Waals surface area contributed by atoms with Crippen LogP contribution in [0, 0.1) is 12.7 Å². The summed E-state index contributed by atoms with van der Waals surface area (Å²) in [6.45, 7) is 2.23. The summed E-state index contributed by atoms with van der Waals surface area (Å²) in [4.78, 5) is 21.3. The van der Waals surface area contributed by atoms with Crippen molar-refractivity contribution in [1.82, 2.24) is 14.5 Å². The van der Waals surface area contributed by atoms with E-state index in [-0.39, 0.29) is 11.4 Å². The SMILES string of the molecule is Cc1ccc2ncn(Cc3ccc(F)c4cccnc34)c(=O)c2c1. The van der Waals surface area contributed by atoms with Gasteiger partial charge in [0, 0.05) is 11.6 Å². The maximum atomic E-state index is 13.9. The quantitative estimate of drug-likeness (QED) is 0.568. The van der Waals surface area contributed by atoms with Gasteiger partial charge in [0.15, 0.2) is 0 Å². The van der Waals surface area contributed by atoms with Crippen LogP contribution in [0.3, 0.4) is 0 Å². The molecular weight excluding hydrogens is 305 g/mol. The van der Waals surface area contributed by atoms with Gasteiger partial charge in [-0.3, -0.25) is 14.3 Å². The van der Waals surface area contributed by atoms with Gasteiger partial charge in [0.1, 0.15) is 5.82 Å². The molecule has 0 aliphatic carbocycles. The smallest absolute Gasteiger partial charge is 0.261 e. The highest BCUT2D eigenvalue weighted by atomic mass is 19.1. The monoisotopic (exact) mass is 319 g/mol. The second kappa shape index (κ2) is 5.53. The zero-order chi connectivity index (χ0) is 16.7. The number of pyridine rings is 1. The fourth-order valence-electron chi connectivity index (χ4n) is 2.89. The van der Waals surface area contributed by atoms with Crippen LogP contribution < -0.4 is 5.56 Å². The minimum atomic E-state index is -0.318. The number of aromatic nitrogens is 3. The number of halogens is 1. The molecule has 118 valence electrons. The predicted molar refractivity (Wildman–Crippen MR) is 91.5 cm³/mol. The molecule has 2 heterocycles. The first-order chi connectivity index (χ1) is 11.6. The molecule has 4 nitrogen and oxygen atoms in total. The largest absolute Gasteiger partial charge is 0.294 e. The van der Waals surface area contributed by atoms with Crippen molar-refractivity contribution in [2.75, 3.05) is 0 Å². The van der Waals surface area contributed by atoms with Crippen LogP contribution in [0.15, 0.2) is 59.8 Å². The molecule has 0 atom stereocenters. The molecule has 0 saturated carbocycles. The van der Waals surface area contributed by atoms with Gasteiger partial charge in [0.05, 0.1) is 29.3 Å². The highest BCUT2D eigenvalue weighted by Crippen LogP contribution is 2.20. The summed E-state index contributed by atoms with van der Waals surface area (Å²) in [6, 6.07) is 12.1. The van der Waals surface area contributed by atoms with Gasteiger partial charge in [-0.1, -0.05) is 17.7 Å². The average Bonchev–Trinajstić information content (AvgIpc) is 2.60. The van der Waals surface area contributed by atoms with Crippen LogP contribution >= 0.6 is 0 Å². The van der Waals surface area contributed by atoms with Gasteiger partial charge in [0.25, 0.3) is 5.56 Å². The lowest BCUT2D eigenvalue weighted by Gasteiger charge is -2.10. The molecule has 0 unspecified atom stereocenters. The first-order valence-electron chi connectivity index (χ1n) is 7.61. The van der Waals surface area contributed by atoms with Gasteiger partial charge in [-0.05, 0) is 42.8 Å². The summed E-state index contributed by atoms with van der Waals surface area (Å²) < 4.78 is 15.4. The second-order valence-corrected chi connectivity index (χ2v) is 5.80. The van der Waals surface area contributed by atoms with E-state index in [1.54, 1.807) is 24.4 Å². The second-order valence-electron chi connectivity index (χ2n) is 5.80. The minimum Gasteiger partial charge on any atom is -0.294 e. The normalized spacial score (nSPS) is 11.2. The molecule has 0 aliphatic heterocycles. The third-order valence-corrected chi connectivity index (χ3v) is 4.12. The Morgan fingerprint density at radius 3 is 2.83 bits per heavy atom. The summed E-state index contributed by atoms with van der Waals surface area (Å²) in [5, 5.41) is 1.03. The van der Waals surface area contributed by atoms with E-state index < -0.39 is 0 Å². The predicted octanol–water partition coefficient (Wildman–Crippen LogP) is 3.44. The Labute approximate surface area is 137 Å². The Bertz CT molecular complexity index is 1130. The van der Waals surface area contributed by atoms with Crippen LogP contribution in [0.25, 0.3) is 21.8 Å². The van der Waals surface area contributed by atoms with Crippen molar-refractivity contribution in [1.29, 1.82) is 0 Å². The van der Waals surface area contributed by atoms with Crippen molar-refractivity contribution < 1.29 is 4.39 Å². The maximum absolute atomic E-state index is 13.9. The number of rotatable bonds is 2. The molecule has 0 saturated heterocycles. The van der Waals surface area contributed by atoms with Gasteiger partial charge < -0.3 is 0 Å². The van der Waals surface area contributed by atoms with Crippen molar-refractivity contribution >= 4 is 21.8 Å². The zero-order valence-electron chi connectivity index (χ0n) is 13.0. The van der Waals surface area contributed by atoms with E-state index >= 15 is 0 Å². The number of benzene rings is 2. The van der Waals surface area contributed by atoms with E-state index in [4.69, 9.17) is 0 Å². The first kappa shape index (κ1) is 14.5. The Kier molecular flexibility index (Phi) is 3.34. The molecule has 0 aliphatic rings. The molecular formula is C19H14FN3O. The molecule has 4 aromatic rings. The van der Waals surface area contributed by atoms with Crippen LogP contribution in [0.2, 0.25) is 0 Å². The molecule has 0 amide bonds. The van der Waals surface area contributed by atoms with E-state index in [0.29, 0.717) is 28.4 Å². The van der Waals surface area contributed by atoms with E-state index in [0.717, 1.165) is 11.1 Å². The van der Waals surface area contributed by atoms with Gasteiger partial charge in [0.2, 0.25) is 0 Å². The number of hydrogen-bond acceptors (Lipinski definition) is 3. The van der Waals surface area contributed by atoms with Crippen LogP contribution in [0.4, 0.5) is 4.39 Å². The van der Waals surface area contributed by atoms with Crippen molar-refractivity contribution in [3.8, 4) is 0 Å². The van der Waals surface area contributed by atoms with E-state index in [9.17, 15) is 9.18 Å². The fraction of sp³-hybridized carbons (Fsp3) is 0.105. The number of fused-ring (bicyclic) bond motifs is 2. The number of nitrogens with zero attached hydrogens (tertiary/aromatic N) is 3. The molecule has 0 radical (unpaired) electrons. The highest BCUT2D eigenvalue weighted by Gasteiger charge is 2.10. The van der Waals surface area contributed by atoms with Crippen LogP contribution in [0.1, 0.15) is 11.1 Å². The Morgan fingerprint density at radius 1 is 1.08 bits per heavy atom. The molecule has 0 bridgehead atoms. The standard InChI is InChI=1S/C19H14FN3O/c1-12-4-7-17-15(9-12)19(24)23(11-22-17)10-13-5-6-16(20)14-3-2-8-21-18(13)14/h2-9,11H,10H2,1H3. The van der Waals surface area contributed by atoms with Gasteiger partial charge in [-0.25, -0.2) is 9.37 Å². The van der Waals surface area contributed by atoms with Crippen LogP contribution in [-0.2, 0) is 6.54 Å². The molecule has 0 fully saturated rings. The van der Waals surface area contributed by atoms with Crippen molar-refractivity contribution in [2.24, 2.45) is 0 Å². The lowest BCUT2D eigenvalue weighted by atomic mass is 10.1. The van der Waals surface area contributed by atoms with Gasteiger partial charge in [-0.2, -0.15) is 0 Å². The fourth-order valence-corrected chi connectivity index (χ4v) is 2.89. The summed E-state index contributed by atoms with van der Waals surface area (Å²) in [5.41, 5.74) is 2.91. The maximum Gasteiger partial charge on any atom is 0.261 e. The molecule has 2 aromatic carbocycles. The summed E-state index contributed by atoms with van der Waals surface area (Å²) in [6.07, 6.45) is 3.15. The lowest BCUT2D eigenvalue weighted by molar-refractivity contribution is 0.638. The van der Waals surface area contributed by atoms with Gasteiger partial charge in [-0.15, -0.1) is 0 Å².